The molecule has 7 N–H and O–H groups in total. The van der Waals surface area contributed by atoms with Crippen molar-refractivity contribution in [2.24, 2.45) is 5.10 Å². The van der Waals surface area contributed by atoms with Gasteiger partial charge in [-0.25, -0.2) is 0 Å². The third-order valence-corrected chi connectivity index (χ3v) is 10.0. The first-order chi connectivity index (χ1) is 24.1. The van der Waals surface area contributed by atoms with Gasteiger partial charge in [0.15, 0.2) is 17.2 Å². The Morgan fingerprint density at radius 3 is 0.947 bits per heavy atom. The van der Waals surface area contributed by atoms with Gasteiger partial charge in [-0.2, -0.15) is 10.2 Å². The second kappa shape index (κ2) is 16.5. The number of hydrazine groups is 1. The molecule has 0 amide bonds. The number of phenols is 6. The third-order valence-electron chi connectivity index (χ3n) is 10.0. The Morgan fingerprint density at radius 1 is 0.439 bits per heavy atom. The first-order valence-corrected chi connectivity index (χ1v) is 18.7. The van der Waals surface area contributed by atoms with Crippen LogP contribution in [-0.4, -0.2) is 36.4 Å². The SMILES string of the molecule is CC(C)(C)c1cc(C(C)(C)C)c(O)c(C2=[C-]C(c3c(O)c(C(C)(C)C)cc(C(C)(C)C)c3O)=NN(c3c(O)c(C(C)(C)C)cc(C(C)(C)C)c3O)N2)c1O.[Cl-].[Cl-].[Hf]. The zero-order valence-electron chi connectivity index (χ0n) is 37.1. The van der Waals surface area contributed by atoms with Gasteiger partial charge in [0.2, 0.25) is 0 Å². The van der Waals surface area contributed by atoms with Crippen LogP contribution >= 0.6 is 0 Å². The number of halogens is 2. The minimum Gasteiger partial charge on any atom is -1.00 e. The molecule has 0 atom stereocenters. The van der Waals surface area contributed by atoms with Gasteiger partial charge in [-0.1, -0.05) is 125 Å². The molecule has 0 aliphatic carbocycles. The number of allylic oxidation sites excluding steroid dienone is 1. The summed E-state index contributed by atoms with van der Waals surface area (Å²) in [4.78, 5) is 0. The summed E-state index contributed by atoms with van der Waals surface area (Å²) in [6.07, 6.45) is 3.20. The molecule has 4 rings (SSSR count). The van der Waals surface area contributed by atoms with Crippen molar-refractivity contribution in [3.05, 3.63) is 68.8 Å². The van der Waals surface area contributed by atoms with Crippen LogP contribution in [0.3, 0.4) is 0 Å². The predicted octanol–water partition coefficient (Wildman–Crippen LogP) is 4.28. The minimum atomic E-state index is -0.571. The van der Waals surface area contributed by atoms with Crippen LogP contribution in [0.2, 0.25) is 0 Å². The van der Waals surface area contributed by atoms with Gasteiger partial charge in [0.25, 0.3) is 0 Å². The summed E-state index contributed by atoms with van der Waals surface area (Å²) in [5, 5.41) is 78.3. The summed E-state index contributed by atoms with van der Waals surface area (Å²) in [5.74, 6) is -1.35. The molecule has 9 nitrogen and oxygen atoms in total. The van der Waals surface area contributed by atoms with E-state index in [1.807, 2.05) is 131 Å². The normalized spacial score (nSPS) is 14.1. The first-order valence-electron chi connectivity index (χ1n) is 18.7. The van der Waals surface area contributed by atoms with Crippen LogP contribution < -0.4 is 35.4 Å². The maximum absolute atomic E-state index is 12.1. The molecule has 1 heterocycles. The average Bonchev–Trinajstić information content (AvgIpc) is 2.93. The van der Waals surface area contributed by atoms with Gasteiger partial charge < -0.3 is 60.9 Å². The molecule has 0 spiro atoms. The van der Waals surface area contributed by atoms with Crippen molar-refractivity contribution in [1.82, 2.24) is 5.43 Å². The van der Waals surface area contributed by atoms with E-state index in [1.165, 1.54) is 5.12 Å². The molecule has 0 aromatic heterocycles. The van der Waals surface area contributed by atoms with Crippen molar-refractivity contribution in [1.29, 1.82) is 0 Å². The third kappa shape index (κ3) is 10.0. The van der Waals surface area contributed by atoms with Crippen LogP contribution in [0.5, 0.6) is 34.5 Å². The molecular weight excluding hydrogens is 928 g/mol. The molecule has 0 radical (unpaired) electrons. The Morgan fingerprint density at radius 2 is 0.684 bits per heavy atom. The summed E-state index contributed by atoms with van der Waals surface area (Å²) in [7, 11) is 0. The number of rotatable bonds is 3. The van der Waals surface area contributed by atoms with Crippen molar-refractivity contribution in [2.45, 2.75) is 157 Å². The van der Waals surface area contributed by atoms with E-state index < -0.39 is 32.5 Å². The molecular formula is C45H64Cl2HfN3O6-3. The Balaban J connectivity index is 0.00000541. The Labute approximate surface area is 372 Å². The number of aromatic hydroxyl groups is 6. The fourth-order valence-corrected chi connectivity index (χ4v) is 6.80. The van der Waals surface area contributed by atoms with Gasteiger partial charge in [-0.3, -0.25) is 0 Å². The van der Waals surface area contributed by atoms with E-state index in [2.05, 4.69) is 11.5 Å². The molecule has 0 bridgehead atoms. The van der Waals surface area contributed by atoms with E-state index in [0.29, 0.717) is 33.4 Å². The summed E-state index contributed by atoms with van der Waals surface area (Å²) < 4.78 is 0. The molecule has 316 valence electrons. The average molecular weight is 992 g/mol. The van der Waals surface area contributed by atoms with Gasteiger partial charge in [-0.05, 0) is 95.5 Å². The number of nitrogens with one attached hydrogen (secondary N) is 1. The number of benzene rings is 3. The molecule has 0 fully saturated rings. The quantitative estimate of drug-likeness (QED) is 0.152. The zero-order valence-corrected chi connectivity index (χ0v) is 42.2. The van der Waals surface area contributed by atoms with Crippen molar-refractivity contribution in [3.63, 3.8) is 0 Å². The van der Waals surface area contributed by atoms with Crippen molar-refractivity contribution in [2.75, 3.05) is 5.12 Å². The van der Waals surface area contributed by atoms with Gasteiger partial charge in [0, 0.05) is 37.0 Å². The molecule has 1 aliphatic heterocycles. The summed E-state index contributed by atoms with van der Waals surface area (Å²) in [6.45, 7) is 35.3. The zero-order chi connectivity index (χ0) is 41.6. The van der Waals surface area contributed by atoms with Crippen molar-refractivity contribution in [3.8, 4) is 34.5 Å². The molecule has 3 aromatic carbocycles. The Bertz CT molecular complexity index is 1950. The van der Waals surface area contributed by atoms with Crippen LogP contribution in [0.25, 0.3) is 5.70 Å². The Hall–Kier alpha value is -3.08. The maximum Gasteiger partial charge on any atom is 0.167 e. The van der Waals surface area contributed by atoms with E-state index in [1.54, 1.807) is 12.1 Å². The molecule has 3 aromatic rings. The second-order valence-electron chi connectivity index (χ2n) is 21.0. The van der Waals surface area contributed by atoms with Crippen LogP contribution in [0.4, 0.5) is 5.69 Å². The van der Waals surface area contributed by atoms with Crippen LogP contribution in [0, 0.1) is 6.08 Å². The molecule has 57 heavy (non-hydrogen) atoms. The second-order valence-corrected chi connectivity index (χ2v) is 21.0. The molecule has 0 unspecified atom stereocenters. The van der Waals surface area contributed by atoms with Crippen LogP contribution in [0.15, 0.2) is 23.3 Å². The van der Waals surface area contributed by atoms with Crippen molar-refractivity contribution >= 4 is 17.1 Å². The summed E-state index contributed by atoms with van der Waals surface area (Å²) in [5.41, 5.74) is 2.95. The molecule has 1 aliphatic rings. The number of anilines is 1. The summed E-state index contributed by atoms with van der Waals surface area (Å²) in [6, 6.07) is 5.41. The molecule has 0 saturated heterocycles. The van der Waals surface area contributed by atoms with E-state index >= 15 is 0 Å². The standard InChI is InChI=1S/C45H64N3O6.2ClH.Hf/c1-40(2,3)23-19-24(41(4,5)6)35(50)31(34(23)49)29-22-30(32-36(51)25(42(7,8)9)20-26(37(32)52)43(10,11)12)47-48(46-29)33-38(53)27(44(13,14)15)21-28(39(33)54)45(16,17)18;;;/h19-21,46,49-54H,1-18H3;2*1H;/q-1;;;/p-2. The van der Waals surface area contributed by atoms with Gasteiger partial charge in [-0.15, -0.1) is 6.08 Å². The van der Waals surface area contributed by atoms with Gasteiger partial charge >= 0.3 is 0 Å². The van der Waals surface area contributed by atoms with Crippen molar-refractivity contribution < 1.29 is 81.3 Å². The van der Waals surface area contributed by atoms with Crippen LogP contribution in [0.1, 0.15) is 169 Å². The smallest absolute Gasteiger partial charge is 0.167 e. The molecule has 0 saturated carbocycles. The van der Waals surface area contributed by atoms with E-state index in [-0.39, 0.29) is 113 Å². The van der Waals surface area contributed by atoms with E-state index in [4.69, 9.17) is 5.10 Å². The molecule has 12 heteroatoms. The number of hydrazone groups is 1. The predicted molar refractivity (Wildman–Crippen MR) is 220 cm³/mol. The first kappa shape index (κ1) is 51.9. The monoisotopic (exact) mass is 992 g/mol. The summed E-state index contributed by atoms with van der Waals surface area (Å²) >= 11 is 0. The number of phenolic OH excluding ortho intramolecular Hbond substituents is 6. The van der Waals surface area contributed by atoms with Gasteiger partial charge in [0.05, 0.1) is 23.0 Å². The van der Waals surface area contributed by atoms with Gasteiger partial charge in [0.1, 0.15) is 0 Å². The van der Waals surface area contributed by atoms with Crippen LogP contribution in [-0.2, 0) is 58.3 Å². The van der Waals surface area contributed by atoms with E-state index in [9.17, 15) is 30.6 Å². The van der Waals surface area contributed by atoms with E-state index in [0.717, 1.165) is 0 Å². The minimum absolute atomic E-state index is 0. The fourth-order valence-electron chi connectivity index (χ4n) is 6.80. The fraction of sp³-hybridized carbons (Fsp3) is 0.533. The maximum atomic E-state index is 12.1. The number of nitrogens with zero attached hydrogens (tertiary/aromatic N) is 2. The largest absolute Gasteiger partial charge is 1.00 e. The number of hydrogen-bond acceptors (Lipinski definition) is 9. The topological polar surface area (TPSA) is 149 Å². The Kier molecular flexibility index (Phi) is 15.1. The number of hydrogen-bond donors (Lipinski definition) is 7.